The van der Waals surface area contributed by atoms with Crippen LogP contribution >= 0.6 is 0 Å². The second kappa shape index (κ2) is 12.3. The van der Waals surface area contributed by atoms with Gasteiger partial charge >= 0.3 is 0 Å². The first-order valence-corrected chi connectivity index (χ1v) is 15.3. The zero-order valence-corrected chi connectivity index (χ0v) is 26.5. The molecular formula is C41H39N3. The first-order chi connectivity index (χ1) is 21.3. The molecule has 0 saturated carbocycles. The molecule has 0 amide bonds. The lowest BCUT2D eigenvalue weighted by molar-refractivity contribution is 0.906. The lowest BCUT2D eigenvalue weighted by Gasteiger charge is -2.18. The molecule has 0 aliphatic heterocycles. The van der Waals surface area contributed by atoms with Crippen molar-refractivity contribution in [1.82, 2.24) is 4.68 Å². The van der Waals surface area contributed by atoms with Gasteiger partial charge < -0.3 is 0 Å². The van der Waals surface area contributed by atoms with E-state index in [0.717, 1.165) is 33.9 Å². The minimum absolute atomic E-state index is 0.122. The molecule has 0 bridgehead atoms. The summed E-state index contributed by atoms with van der Waals surface area (Å²) in [6.07, 6.45) is 4.45. The summed E-state index contributed by atoms with van der Waals surface area (Å²) in [5.41, 5.74) is 15.9. The Morgan fingerprint density at radius 1 is 0.455 bits per heavy atom. The number of aliphatic imine (C=N–C) groups is 1. The molecule has 0 radical (unpaired) electrons. The van der Waals surface area contributed by atoms with Crippen LogP contribution in [0.5, 0.6) is 0 Å². The van der Waals surface area contributed by atoms with Crippen LogP contribution in [0.3, 0.4) is 0 Å². The van der Waals surface area contributed by atoms with Crippen molar-refractivity contribution in [2.45, 2.75) is 47.6 Å². The molecule has 0 unspecified atom stereocenters. The van der Waals surface area contributed by atoms with Gasteiger partial charge in [-0.1, -0.05) is 131 Å². The van der Waals surface area contributed by atoms with Crippen molar-refractivity contribution in [3.8, 4) is 22.5 Å². The summed E-state index contributed by atoms with van der Waals surface area (Å²) in [5, 5.41) is 5.24. The van der Waals surface area contributed by atoms with E-state index in [1.807, 2.05) is 0 Å². The van der Waals surface area contributed by atoms with Crippen LogP contribution in [0, 0.1) is 27.7 Å². The van der Waals surface area contributed by atoms with Gasteiger partial charge in [-0.15, -0.1) is 0 Å². The predicted octanol–water partition coefficient (Wildman–Crippen LogP) is 10.3. The zero-order valence-electron chi connectivity index (χ0n) is 26.5. The Kier molecular flexibility index (Phi) is 8.13. The van der Waals surface area contributed by atoms with Gasteiger partial charge in [-0.25, -0.2) is 4.68 Å². The molecule has 4 aromatic carbocycles. The van der Waals surface area contributed by atoms with Gasteiger partial charge in [-0.2, -0.15) is 5.10 Å². The standard InChI is InChI=1S/C41H39N3/c1-27-7-15-33(16-8-27)37-23-24-38(34-17-9-28(2)10-18-34)41(37)42-31(5)32(6)43-44-39(35-19-11-29(3)12-20-35)25-26-40(44)36-21-13-30(4)14-22-36/h7-26,41H,1-6H3/b42-31?,43-32+. The number of hydrogen-bond acceptors (Lipinski definition) is 2. The van der Waals surface area contributed by atoms with Crippen LogP contribution in [0.25, 0.3) is 33.7 Å². The average molecular weight is 574 g/mol. The average Bonchev–Trinajstić information content (AvgIpc) is 3.63. The van der Waals surface area contributed by atoms with Gasteiger partial charge in [0.2, 0.25) is 0 Å². The summed E-state index contributed by atoms with van der Waals surface area (Å²) in [6, 6.07) is 39.0. The van der Waals surface area contributed by atoms with Crippen LogP contribution < -0.4 is 0 Å². The lowest BCUT2D eigenvalue weighted by Crippen LogP contribution is -2.16. The third-order valence-corrected chi connectivity index (χ3v) is 8.45. The van der Waals surface area contributed by atoms with Gasteiger partial charge in [0, 0.05) is 11.1 Å². The van der Waals surface area contributed by atoms with E-state index >= 15 is 0 Å². The molecule has 5 aromatic rings. The minimum atomic E-state index is -0.122. The molecule has 44 heavy (non-hydrogen) atoms. The normalized spacial score (nSPS) is 14.1. The monoisotopic (exact) mass is 573 g/mol. The summed E-state index contributed by atoms with van der Waals surface area (Å²) < 4.78 is 2.08. The van der Waals surface area contributed by atoms with Crippen LogP contribution in [0.1, 0.15) is 47.2 Å². The predicted molar refractivity (Wildman–Crippen MR) is 188 cm³/mol. The maximum absolute atomic E-state index is 5.38. The largest absolute Gasteiger partial charge is 0.275 e. The van der Waals surface area contributed by atoms with Crippen LogP contribution in [-0.2, 0) is 0 Å². The van der Waals surface area contributed by atoms with Gasteiger partial charge in [-0.3, -0.25) is 4.99 Å². The third kappa shape index (κ3) is 6.05. The lowest BCUT2D eigenvalue weighted by atomic mass is 9.93. The van der Waals surface area contributed by atoms with E-state index in [9.17, 15) is 0 Å². The van der Waals surface area contributed by atoms with Crippen LogP contribution in [0.15, 0.2) is 131 Å². The van der Waals surface area contributed by atoms with E-state index in [0.29, 0.717) is 0 Å². The summed E-state index contributed by atoms with van der Waals surface area (Å²) in [4.78, 5) is 5.38. The van der Waals surface area contributed by atoms with Gasteiger partial charge in [0.1, 0.15) is 6.04 Å². The fourth-order valence-corrected chi connectivity index (χ4v) is 5.60. The number of nitrogens with zero attached hydrogens (tertiary/aromatic N) is 3. The van der Waals surface area contributed by atoms with Crippen molar-refractivity contribution in [2.75, 3.05) is 0 Å². The highest BCUT2D eigenvalue weighted by Gasteiger charge is 2.25. The van der Waals surface area contributed by atoms with Gasteiger partial charge in [0.05, 0.1) is 22.8 Å². The van der Waals surface area contributed by atoms with E-state index in [1.54, 1.807) is 0 Å². The van der Waals surface area contributed by atoms with Crippen molar-refractivity contribution in [1.29, 1.82) is 0 Å². The van der Waals surface area contributed by atoms with E-state index in [-0.39, 0.29) is 6.04 Å². The van der Waals surface area contributed by atoms with Crippen molar-refractivity contribution < 1.29 is 0 Å². The number of aryl methyl sites for hydroxylation is 4. The van der Waals surface area contributed by atoms with Crippen molar-refractivity contribution in [3.63, 3.8) is 0 Å². The maximum atomic E-state index is 5.38. The Balaban J connectivity index is 1.43. The zero-order chi connectivity index (χ0) is 30.8. The fraction of sp³-hybridized carbons (Fsp3) is 0.171. The quantitative estimate of drug-likeness (QED) is 0.173. The maximum Gasteiger partial charge on any atom is 0.101 e. The van der Waals surface area contributed by atoms with Crippen molar-refractivity contribution >= 4 is 22.6 Å². The molecule has 218 valence electrons. The molecule has 0 spiro atoms. The van der Waals surface area contributed by atoms with Gasteiger partial charge in [0.15, 0.2) is 0 Å². The Bertz CT molecular complexity index is 1790. The van der Waals surface area contributed by atoms with Gasteiger partial charge in [-0.05, 0) is 75.9 Å². The topological polar surface area (TPSA) is 29.6 Å². The SMILES string of the molecule is CC(=NC1C(c2ccc(C)cc2)=CC=C1c1ccc(C)cc1)/C(C)=N/n1c(-c2ccc(C)cc2)ccc1-c1ccc(C)cc1. The summed E-state index contributed by atoms with van der Waals surface area (Å²) in [7, 11) is 0. The van der Waals surface area contributed by atoms with E-state index in [4.69, 9.17) is 10.1 Å². The van der Waals surface area contributed by atoms with Crippen LogP contribution in [-0.4, -0.2) is 22.1 Å². The van der Waals surface area contributed by atoms with Crippen LogP contribution in [0.2, 0.25) is 0 Å². The Hall–Kier alpha value is -5.02. The van der Waals surface area contributed by atoms with E-state index in [2.05, 4.69) is 168 Å². The number of allylic oxidation sites excluding steroid dienone is 2. The third-order valence-electron chi connectivity index (χ3n) is 8.45. The highest BCUT2D eigenvalue weighted by atomic mass is 15.4. The highest BCUT2D eigenvalue weighted by molar-refractivity contribution is 6.40. The molecule has 1 heterocycles. The molecule has 0 fully saturated rings. The molecule has 1 aliphatic rings. The highest BCUT2D eigenvalue weighted by Crippen LogP contribution is 2.37. The minimum Gasteiger partial charge on any atom is -0.275 e. The Morgan fingerprint density at radius 2 is 0.795 bits per heavy atom. The molecular weight excluding hydrogens is 534 g/mol. The second-order valence-corrected chi connectivity index (χ2v) is 11.9. The summed E-state index contributed by atoms with van der Waals surface area (Å²) in [5.74, 6) is 0. The smallest absolute Gasteiger partial charge is 0.101 e. The second-order valence-electron chi connectivity index (χ2n) is 11.9. The molecule has 3 nitrogen and oxygen atoms in total. The van der Waals surface area contributed by atoms with Crippen LogP contribution in [0.4, 0.5) is 0 Å². The molecule has 0 saturated heterocycles. The van der Waals surface area contributed by atoms with Crippen molar-refractivity contribution in [2.24, 2.45) is 10.1 Å². The molecule has 3 heteroatoms. The number of benzene rings is 4. The first-order valence-electron chi connectivity index (χ1n) is 15.3. The molecule has 1 aliphatic carbocycles. The first kappa shape index (κ1) is 29.1. The van der Waals surface area contributed by atoms with E-state index < -0.39 is 0 Å². The Morgan fingerprint density at radius 3 is 1.16 bits per heavy atom. The molecule has 0 atom stereocenters. The summed E-state index contributed by atoms with van der Waals surface area (Å²) in [6.45, 7) is 12.6. The number of aromatic nitrogens is 1. The molecule has 1 aromatic heterocycles. The molecule has 0 N–H and O–H groups in total. The summed E-state index contributed by atoms with van der Waals surface area (Å²) >= 11 is 0. The fourth-order valence-electron chi connectivity index (χ4n) is 5.60. The Labute approximate surface area is 261 Å². The number of hydrogen-bond donors (Lipinski definition) is 0. The molecule has 6 rings (SSSR count). The van der Waals surface area contributed by atoms with Gasteiger partial charge in [0.25, 0.3) is 0 Å². The van der Waals surface area contributed by atoms with Crippen molar-refractivity contribution in [3.05, 3.63) is 155 Å². The number of rotatable bonds is 7. The van der Waals surface area contributed by atoms with E-state index in [1.165, 1.54) is 44.5 Å².